The van der Waals surface area contributed by atoms with Crippen molar-refractivity contribution in [2.75, 3.05) is 0 Å². The highest BCUT2D eigenvalue weighted by Crippen LogP contribution is 2.09. The summed E-state index contributed by atoms with van der Waals surface area (Å²) in [6, 6.07) is 8.15. The highest BCUT2D eigenvalue weighted by molar-refractivity contribution is 5.77. The Balaban J connectivity index is 0.000000396. The van der Waals surface area contributed by atoms with Gasteiger partial charge in [-0.05, 0) is 13.0 Å². The van der Waals surface area contributed by atoms with Gasteiger partial charge in [-0.3, -0.25) is 4.68 Å². The minimum Gasteiger partial charge on any atom is -0.272 e. The van der Waals surface area contributed by atoms with Crippen molar-refractivity contribution in [3.63, 3.8) is 0 Å². The number of fused-ring (bicyclic) bond motifs is 1. The molecule has 0 atom stereocenters. The van der Waals surface area contributed by atoms with E-state index in [-0.39, 0.29) is 0 Å². The lowest BCUT2D eigenvalue weighted by atomic mass is 10.3. The third-order valence-corrected chi connectivity index (χ3v) is 1.79. The van der Waals surface area contributed by atoms with Crippen molar-refractivity contribution >= 4 is 10.9 Å². The fourth-order valence-corrected chi connectivity index (χ4v) is 1.18. The number of rotatable bonds is 1. The van der Waals surface area contributed by atoms with Crippen LogP contribution in [0, 0.1) is 0 Å². The van der Waals surface area contributed by atoms with E-state index in [9.17, 15) is 0 Å². The van der Waals surface area contributed by atoms with E-state index < -0.39 is 0 Å². The molecular weight excluding hydrogens is 160 g/mol. The number of aryl methyl sites for hydroxylation is 1. The maximum atomic E-state index is 4.35. The van der Waals surface area contributed by atoms with Gasteiger partial charge in [-0.2, -0.15) is 5.10 Å². The van der Waals surface area contributed by atoms with Gasteiger partial charge >= 0.3 is 0 Å². The van der Waals surface area contributed by atoms with E-state index in [1.807, 2.05) is 36.7 Å². The molecule has 0 spiro atoms. The normalized spacial score (nSPS) is 9.46. The summed E-state index contributed by atoms with van der Waals surface area (Å²) in [6.07, 6.45) is 2.06. The Kier molecular flexibility index (Phi) is 3.50. The molecule has 0 saturated heterocycles. The summed E-state index contributed by atoms with van der Waals surface area (Å²) >= 11 is 0. The summed E-state index contributed by atoms with van der Waals surface area (Å²) in [4.78, 5) is 0. The van der Waals surface area contributed by atoms with Crippen LogP contribution in [0.25, 0.3) is 10.9 Å². The monoisotopic (exact) mass is 176 g/mol. The van der Waals surface area contributed by atoms with Crippen LogP contribution >= 0.6 is 0 Å². The summed E-state index contributed by atoms with van der Waals surface area (Å²) in [5.41, 5.74) is 1.08. The van der Waals surface area contributed by atoms with Crippen molar-refractivity contribution in [1.29, 1.82) is 0 Å². The minimum absolute atomic E-state index is 0.939. The van der Waals surface area contributed by atoms with E-state index in [0.717, 1.165) is 12.1 Å². The Bertz CT molecular complexity index is 330. The Labute approximate surface area is 79.2 Å². The largest absolute Gasteiger partial charge is 0.272 e. The van der Waals surface area contributed by atoms with Gasteiger partial charge in [0, 0.05) is 18.1 Å². The number of aromatic nitrogens is 2. The zero-order valence-electron chi connectivity index (χ0n) is 8.49. The van der Waals surface area contributed by atoms with E-state index in [0.29, 0.717) is 0 Å². The first-order chi connectivity index (χ1) is 6.40. The van der Waals surface area contributed by atoms with Gasteiger partial charge in [-0.15, -0.1) is 0 Å². The molecule has 0 fully saturated rings. The SMILES string of the molecule is CC.CCn1cc2ccccc2n1. The lowest BCUT2D eigenvalue weighted by Crippen LogP contribution is -1.92. The Morgan fingerprint density at radius 2 is 1.92 bits per heavy atom. The van der Waals surface area contributed by atoms with Crippen LogP contribution in [0.15, 0.2) is 30.5 Å². The molecule has 13 heavy (non-hydrogen) atoms. The van der Waals surface area contributed by atoms with E-state index in [1.54, 1.807) is 0 Å². The molecular formula is C11H16N2. The lowest BCUT2D eigenvalue weighted by Gasteiger charge is -1.88. The smallest absolute Gasteiger partial charge is 0.0923 e. The summed E-state index contributed by atoms with van der Waals surface area (Å²) in [5.74, 6) is 0. The average molecular weight is 176 g/mol. The first-order valence-corrected chi connectivity index (χ1v) is 4.82. The Morgan fingerprint density at radius 3 is 2.54 bits per heavy atom. The topological polar surface area (TPSA) is 17.8 Å². The van der Waals surface area contributed by atoms with Crippen molar-refractivity contribution in [1.82, 2.24) is 9.78 Å². The summed E-state index contributed by atoms with van der Waals surface area (Å²) in [5, 5.41) is 5.56. The maximum absolute atomic E-state index is 4.35. The fraction of sp³-hybridized carbons (Fsp3) is 0.364. The molecule has 2 aromatic rings. The molecule has 0 aliphatic heterocycles. The van der Waals surface area contributed by atoms with Crippen LogP contribution in [0.3, 0.4) is 0 Å². The lowest BCUT2D eigenvalue weighted by molar-refractivity contribution is 0.668. The van der Waals surface area contributed by atoms with Crippen molar-refractivity contribution in [2.24, 2.45) is 0 Å². The molecule has 0 amide bonds. The number of benzene rings is 1. The molecule has 0 saturated carbocycles. The standard InChI is InChI=1S/C9H10N2.C2H6/c1-2-11-7-8-5-3-4-6-9(8)10-11;1-2/h3-7H,2H2,1H3;1-2H3. The second-order valence-corrected chi connectivity index (χ2v) is 2.54. The second kappa shape index (κ2) is 4.65. The van der Waals surface area contributed by atoms with Crippen LogP contribution in [0.4, 0.5) is 0 Å². The minimum atomic E-state index is 0.939. The van der Waals surface area contributed by atoms with E-state index in [2.05, 4.69) is 24.3 Å². The quantitative estimate of drug-likeness (QED) is 0.653. The number of hydrogen-bond acceptors (Lipinski definition) is 1. The molecule has 0 aliphatic rings. The molecule has 1 heterocycles. The fourth-order valence-electron chi connectivity index (χ4n) is 1.18. The molecule has 2 nitrogen and oxygen atoms in total. The van der Waals surface area contributed by atoms with Crippen LogP contribution in [0.5, 0.6) is 0 Å². The van der Waals surface area contributed by atoms with Crippen LogP contribution in [0.1, 0.15) is 20.8 Å². The third-order valence-electron chi connectivity index (χ3n) is 1.79. The molecule has 1 aromatic heterocycles. The van der Waals surface area contributed by atoms with E-state index >= 15 is 0 Å². The maximum Gasteiger partial charge on any atom is 0.0923 e. The highest BCUT2D eigenvalue weighted by atomic mass is 15.3. The summed E-state index contributed by atoms with van der Waals surface area (Å²) < 4.78 is 1.95. The van der Waals surface area contributed by atoms with Gasteiger partial charge in [-0.1, -0.05) is 32.0 Å². The molecule has 70 valence electrons. The first-order valence-electron chi connectivity index (χ1n) is 4.82. The van der Waals surface area contributed by atoms with Crippen molar-refractivity contribution in [3.05, 3.63) is 30.5 Å². The van der Waals surface area contributed by atoms with Gasteiger partial charge in [0.1, 0.15) is 0 Å². The predicted molar refractivity (Wildman–Crippen MR) is 56.8 cm³/mol. The molecule has 0 radical (unpaired) electrons. The Morgan fingerprint density at radius 1 is 1.23 bits per heavy atom. The zero-order chi connectivity index (χ0) is 9.68. The van der Waals surface area contributed by atoms with E-state index in [4.69, 9.17) is 0 Å². The van der Waals surface area contributed by atoms with Crippen molar-refractivity contribution in [3.8, 4) is 0 Å². The van der Waals surface area contributed by atoms with Gasteiger partial charge in [0.05, 0.1) is 5.52 Å². The zero-order valence-corrected chi connectivity index (χ0v) is 8.49. The average Bonchev–Trinajstić information content (AvgIpc) is 2.63. The van der Waals surface area contributed by atoms with Gasteiger partial charge in [0.25, 0.3) is 0 Å². The van der Waals surface area contributed by atoms with Crippen LogP contribution < -0.4 is 0 Å². The van der Waals surface area contributed by atoms with Gasteiger partial charge in [0.15, 0.2) is 0 Å². The number of nitrogens with zero attached hydrogens (tertiary/aromatic N) is 2. The van der Waals surface area contributed by atoms with Crippen molar-refractivity contribution < 1.29 is 0 Å². The molecule has 2 heteroatoms. The molecule has 0 unspecified atom stereocenters. The first kappa shape index (κ1) is 9.78. The summed E-state index contributed by atoms with van der Waals surface area (Å²) in [7, 11) is 0. The van der Waals surface area contributed by atoms with Crippen LogP contribution in [0.2, 0.25) is 0 Å². The highest BCUT2D eigenvalue weighted by Gasteiger charge is 1.95. The number of hydrogen-bond donors (Lipinski definition) is 0. The molecule has 0 bridgehead atoms. The van der Waals surface area contributed by atoms with Gasteiger partial charge in [-0.25, -0.2) is 0 Å². The van der Waals surface area contributed by atoms with E-state index in [1.165, 1.54) is 5.39 Å². The predicted octanol–water partition coefficient (Wildman–Crippen LogP) is 3.08. The second-order valence-electron chi connectivity index (χ2n) is 2.54. The Hall–Kier alpha value is -1.31. The third kappa shape index (κ3) is 2.08. The van der Waals surface area contributed by atoms with Gasteiger partial charge in [0.2, 0.25) is 0 Å². The van der Waals surface area contributed by atoms with Gasteiger partial charge < -0.3 is 0 Å². The molecule has 2 rings (SSSR count). The van der Waals surface area contributed by atoms with Crippen molar-refractivity contribution in [2.45, 2.75) is 27.3 Å². The molecule has 0 N–H and O–H groups in total. The molecule has 0 aliphatic carbocycles. The summed E-state index contributed by atoms with van der Waals surface area (Å²) in [6.45, 7) is 7.03. The van der Waals surface area contributed by atoms with Crippen LogP contribution in [-0.4, -0.2) is 9.78 Å². The molecule has 1 aromatic carbocycles. The van der Waals surface area contributed by atoms with Crippen LogP contribution in [-0.2, 0) is 6.54 Å².